The molecule has 2 nitrogen and oxygen atoms in total. The monoisotopic (exact) mass is 155 g/mol. The average molecular weight is 155 g/mol. The van der Waals surface area contributed by atoms with Crippen LogP contribution in [0, 0.1) is 5.41 Å². The third-order valence-corrected chi connectivity index (χ3v) is 2.75. The summed E-state index contributed by atoms with van der Waals surface area (Å²) in [6.45, 7) is 5.30. The molecule has 0 aromatic heterocycles. The van der Waals surface area contributed by atoms with Gasteiger partial charge in [0.05, 0.1) is 0 Å². The van der Waals surface area contributed by atoms with Crippen molar-refractivity contribution in [3.63, 3.8) is 0 Å². The second-order valence-electron chi connectivity index (χ2n) is 3.79. The molecule has 1 aliphatic heterocycles. The smallest absolute Gasteiger partial charge is 0.220 e. The predicted octanol–water partition coefficient (Wildman–Crippen LogP) is 1.70. The van der Waals surface area contributed by atoms with E-state index >= 15 is 0 Å². The topological polar surface area (TPSA) is 29.1 Å². The van der Waals surface area contributed by atoms with Gasteiger partial charge in [-0.3, -0.25) is 4.79 Å². The van der Waals surface area contributed by atoms with Crippen LogP contribution in [0.3, 0.4) is 0 Å². The Bertz CT molecular complexity index is 156. The molecule has 1 aliphatic rings. The first-order chi connectivity index (χ1) is 5.16. The summed E-state index contributed by atoms with van der Waals surface area (Å²) < 4.78 is 0. The summed E-state index contributed by atoms with van der Waals surface area (Å²) in [7, 11) is 0. The number of carbonyl (C=O) groups excluding carboxylic acids is 1. The Morgan fingerprint density at radius 1 is 1.64 bits per heavy atom. The molecule has 11 heavy (non-hydrogen) atoms. The van der Waals surface area contributed by atoms with Crippen molar-refractivity contribution in [2.24, 2.45) is 5.41 Å². The quantitative estimate of drug-likeness (QED) is 0.613. The summed E-state index contributed by atoms with van der Waals surface area (Å²) in [5.74, 6) is 0.224. The Kier molecular flexibility index (Phi) is 2.53. The molecule has 0 saturated carbocycles. The van der Waals surface area contributed by atoms with Gasteiger partial charge in [0.2, 0.25) is 5.91 Å². The van der Waals surface area contributed by atoms with Gasteiger partial charge in [0.25, 0.3) is 0 Å². The third-order valence-electron chi connectivity index (χ3n) is 2.75. The van der Waals surface area contributed by atoms with Crippen molar-refractivity contribution in [3.8, 4) is 0 Å². The molecule has 0 aromatic carbocycles. The summed E-state index contributed by atoms with van der Waals surface area (Å²) in [6, 6.07) is 0. The highest BCUT2D eigenvalue weighted by molar-refractivity contribution is 5.76. The van der Waals surface area contributed by atoms with Gasteiger partial charge in [-0.15, -0.1) is 0 Å². The molecule has 1 saturated heterocycles. The van der Waals surface area contributed by atoms with E-state index in [2.05, 4.69) is 19.2 Å². The van der Waals surface area contributed by atoms with E-state index < -0.39 is 0 Å². The maximum absolute atomic E-state index is 11.0. The molecule has 1 atom stereocenters. The highest BCUT2D eigenvalue weighted by Crippen LogP contribution is 2.28. The van der Waals surface area contributed by atoms with Gasteiger partial charge in [-0.05, 0) is 24.7 Å². The van der Waals surface area contributed by atoms with Gasteiger partial charge in [-0.1, -0.05) is 13.8 Å². The molecule has 64 valence electrons. The van der Waals surface area contributed by atoms with Gasteiger partial charge < -0.3 is 5.32 Å². The molecule has 1 N–H and O–H groups in total. The molecule has 1 heterocycles. The highest BCUT2D eigenvalue weighted by Gasteiger charge is 2.25. The van der Waals surface area contributed by atoms with Crippen molar-refractivity contribution in [1.29, 1.82) is 0 Å². The fourth-order valence-electron chi connectivity index (χ4n) is 1.47. The van der Waals surface area contributed by atoms with Gasteiger partial charge in [0, 0.05) is 13.0 Å². The van der Waals surface area contributed by atoms with Crippen molar-refractivity contribution in [2.45, 2.75) is 39.5 Å². The minimum absolute atomic E-state index is 0.224. The van der Waals surface area contributed by atoms with Gasteiger partial charge in [-0.25, -0.2) is 0 Å². The number of rotatable bonds is 1. The minimum atomic E-state index is 0.224. The molecule has 2 heteroatoms. The first kappa shape index (κ1) is 8.57. The van der Waals surface area contributed by atoms with E-state index in [1.54, 1.807) is 0 Å². The first-order valence-electron chi connectivity index (χ1n) is 4.43. The van der Waals surface area contributed by atoms with E-state index in [-0.39, 0.29) is 5.91 Å². The van der Waals surface area contributed by atoms with Crippen molar-refractivity contribution in [1.82, 2.24) is 5.32 Å². The number of carbonyl (C=O) groups is 1. The van der Waals surface area contributed by atoms with Crippen molar-refractivity contribution in [2.75, 3.05) is 6.54 Å². The molecule has 0 aromatic rings. The van der Waals surface area contributed by atoms with Gasteiger partial charge in [0.1, 0.15) is 0 Å². The molecular formula is C9H17NO. The normalized spacial score (nSPS) is 32.7. The van der Waals surface area contributed by atoms with E-state index in [0.29, 0.717) is 5.41 Å². The van der Waals surface area contributed by atoms with Crippen LogP contribution in [0.5, 0.6) is 0 Å². The minimum Gasteiger partial charge on any atom is -0.356 e. The lowest BCUT2D eigenvalue weighted by molar-refractivity contribution is -0.120. The number of amides is 1. The van der Waals surface area contributed by atoms with Gasteiger partial charge in [-0.2, -0.15) is 0 Å². The molecule has 1 amide bonds. The Balaban J connectivity index is 2.52. The molecule has 0 aliphatic carbocycles. The van der Waals surface area contributed by atoms with E-state index in [0.717, 1.165) is 25.8 Å². The van der Waals surface area contributed by atoms with Crippen LogP contribution in [-0.4, -0.2) is 12.5 Å². The Morgan fingerprint density at radius 2 is 2.36 bits per heavy atom. The second-order valence-corrected chi connectivity index (χ2v) is 3.79. The summed E-state index contributed by atoms with van der Waals surface area (Å²) in [5, 5.41) is 2.95. The van der Waals surface area contributed by atoms with E-state index in [9.17, 15) is 4.79 Å². The Hall–Kier alpha value is -0.530. The maximum atomic E-state index is 11.0. The highest BCUT2D eigenvalue weighted by atomic mass is 16.1. The van der Waals surface area contributed by atoms with Crippen LogP contribution < -0.4 is 5.32 Å². The average Bonchev–Trinajstić information content (AvgIpc) is 2.15. The van der Waals surface area contributed by atoms with Gasteiger partial charge in [0.15, 0.2) is 0 Å². The predicted molar refractivity (Wildman–Crippen MR) is 45.3 cm³/mol. The molecule has 1 unspecified atom stereocenters. The standard InChI is InChI=1S/C9H17NO/c1-3-9(2)6-4-5-8(11)10-7-9/h3-7H2,1-2H3,(H,10,11). The van der Waals surface area contributed by atoms with Crippen LogP contribution in [0.25, 0.3) is 0 Å². The SMILES string of the molecule is CCC1(C)CCCC(=O)NC1. The summed E-state index contributed by atoms with van der Waals surface area (Å²) in [6.07, 6.45) is 4.11. The summed E-state index contributed by atoms with van der Waals surface area (Å²) in [4.78, 5) is 11.0. The van der Waals surface area contributed by atoms with Crippen LogP contribution in [0.15, 0.2) is 0 Å². The lowest BCUT2D eigenvalue weighted by atomic mass is 9.83. The fourth-order valence-corrected chi connectivity index (χ4v) is 1.47. The summed E-state index contributed by atoms with van der Waals surface area (Å²) >= 11 is 0. The summed E-state index contributed by atoms with van der Waals surface area (Å²) in [5.41, 5.74) is 0.353. The van der Waals surface area contributed by atoms with Crippen LogP contribution in [0.1, 0.15) is 39.5 Å². The van der Waals surface area contributed by atoms with Crippen molar-refractivity contribution < 1.29 is 4.79 Å². The van der Waals surface area contributed by atoms with Crippen molar-refractivity contribution >= 4 is 5.91 Å². The van der Waals surface area contributed by atoms with Crippen LogP contribution >= 0.6 is 0 Å². The van der Waals surface area contributed by atoms with Crippen LogP contribution in [-0.2, 0) is 4.79 Å². The first-order valence-corrected chi connectivity index (χ1v) is 4.43. The molecule has 0 spiro atoms. The van der Waals surface area contributed by atoms with E-state index in [1.807, 2.05) is 0 Å². The Morgan fingerprint density at radius 3 is 3.00 bits per heavy atom. The molecule has 0 bridgehead atoms. The molecule has 0 radical (unpaired) electrons. The third kappa shape index (κ3) is 2.21. The van der Waals surface area contributed by atoms with Gasteiger partial charge >= 0.3 is 0 Å². The lowest BCUT2D eigenvalue weighted by Gasteiger charge is -2.25. The van der Waals surface area contributed by atoms with Crippen LogP contribution in [0.4, 0.5) is 0 Å². The fraction of sp³-hybridized carbons (Fsp3) is 0.889. The van der Waals surface area contributed by atoms with Crippen molar-refractivity contribution in [3.05, 3.63) is 0 Å². The maximum Gasteiger partial charge on any atom is 0.220 e. The number of nitrogens with one attached hydrogen (secondary N) is 1. The Labute approximate surface area is 68.4 Å². The largest absolute Gasteiger partial charge is 0.356 e. The second kappa shape index (κ2) is 3.24. The zero-order chi connectivity index (χ0) is 8.32. The van der Waals surface area contributed by atoms with E-state index in [1.165, 1.54) is 6.42 Å². The zero-order valence-corrected chi connectivity index (χ0v) is 7.44. The number of hydrogen-bond donors (Lipinski definition) is 1. The lowest BCUT2D eigenvalue weighted by Crippen LogP contribution is -2.31. The van der Waals surface area contributed by atoms with Crippen LogP contribution in [0.2, 0.25) is 0 Å². The molecule has 1 fully saturated rings. The zero-order valence-electron chi connectivity index (χ0n) is 7.44. The molecule has 1 rings (SSSR count). The number of hydrogen-bond acceptors (Lipinski definition) is 1. The molecular weight excluding hydrogens is 138 g/mol. The van der Waals surface area contributed by atoms with E-state index in [4.69, 9.17) is 0 Å².